The molecule has 1 heterocycles. The number of methoxy groups -OCH3 is 1. The largest absolute Gasteiger partial charge is 0.493 e. The van der Waals surface area contributed by atoms with Crippen molar-refractivity contribution in [1.82, 2.24) is 4.98 Å². The summed E-state index contributed by atoms with van der Waals surface area (Å²) in [7, 11) is 1.36. The third-order valence-electron chi connectivity index (χ3n) is 8.79. The normalized spacial score (nSPS) is 15.0. The number of benzene rings is 3. The van der Waals surface area contributed by atoms with Crippen molar-refractivity contribution in [2.45, 2.75) is 43.9 Å². The first-order valence-corrected chi connectivity index (χ1v) is 16.6. The lowest BCUT2D eigenvalue weighted by Crippen LogP contribution is -2.42. The maximum atomic E-state index is 15.4. The van der Waals surface area contributed by atoms with Crippen LogP contribution in [-0.2, 0) is 14.4 Å². The average Bonchev–Trinajstić information content (AvgIpc) is 3.94. The minimum atomic E-state index is -1.41. The average molecular weight is 741 g/mol. The summed E-state index contributed by atoms with van der Waals surface area (Å²) in [6.45, 7) is -1.13. The summed E-state index contributed by atoms with van der Waals surface area (Å²) in [5.74, 6) is -3.84. The van der Waals surface area contributed by atoms with Crippen molar-refractivity contribution in [3.05, 3.63) is 77.7 Å². The van der Waals surface area contributed by atoms with Gasteiger partial charge in [0.05, 0.1) is 31.9 Å². The molecule has 0 aliphatic heterocycles. The van der Waals surface area contributed by atoms with Gasteiger partial charge in [0.1, 0.15) is 23.3 Å². The molecule has 1 saturated carbocycles. The number of pyridine rings is 1. The number of nitrogens with two attached hydrogens (primary N) is 1. The summed E-state index contributed by atoms with van der Waals surface area (Å²) in [6.07, 6.45) is -0.582. The third-order valence-corrected chi connectivity index (χ3v) is 9.02. The molecule has 0 spiro atoms. The lowest BCUT2D eigenvalue weighted by atomic mass is 9.95. The molecule has 14 nitrogen and oxygen atoms in total. The molecule has 0 bridgehead atoms. The first-order chi connectivity index (χ1) is 24.9. The summed E-state index contributed by atoms with van der Waals surface area (Å²) < 4.78 is 32.9. The fraction of sp³-hybridized carbons (Fsp3) is 0.333. The number of fused-ring (bicyclic) bond motifs is 1. The monoisotopic (exact) mass is 740 g/mol. The molecule has 52 heavy (non-hydrogen) atoms. The predicted octanol–water partition coefficient (Wildman–Crippen LogP) is 4.09. The van der Waals surface area contributed by atoms with Crippen molar-refractivity contribution in [3.63, 3.8) is 0 Å². The molecule has 276 valence electrons. The van der Waals surface area contributed by atoms with Gasteiger partial charge in [0.2, 0.25) is 11.8 Å². The zero-order valence-electron chi connectivity index (χ0n) is 27.9. The summed E-state index contributed by atoms with van der Waals surface area (Å²) in [5.41, 5.74) is 5.25. The van der Waals surface area contributed by atoms with Gasteiger partial charge in [-0.3, -0.25) is 19.4 Å². The predicted molar refractivity (Wildman–Crippen MR) is 188 cm³/mol. The number of amides is 2. The third kappa shape index (κ3) is 8.69. The van der Waals surface area contributed by atoms with Gasteiger partial charge in [-0.2, -0.15) is 0 Å². The lowest BCUT2D eigenvalue weighted by molar-refractivity contribution is -0.139. The fourth-order valence-electron chi connectivity index (χ4n) is 5.51. The number of nitrogens with one attached hydrogen (secondary N) is 2. The van der Waals surface area contributed by atoms with Crippen molar-refractivity contribution in [2.24, 2.45) is 17.1 Å². The van der Waals surface area contributed by atoms with Crippen LogP contribution in [0.5, 0.6) is 23.0 Å². The highest BCUT2D eigenvalue weighted by Gasteiger charge is 2.56. The highest BCUT2D eigenvalue weighted by atomic mass is 35.5. The van der Waals surface area contributed by atoms with Gasteiger partial charge >= 0.3 is 5.97 Å². The lowest BCUT2D eigenvalue weighted by Gasteiger charge is -2.29. The number of nitrogens with zero attached hydrogens (tertiary/aromatic N) is 1. The van der Waals surface area contributed by atoms with E-state index in [2.05, 4.69) is 15.6 Å². The van der Waals surface area contributed by atoms with Crippen molar-refractivity contribution >= 4 is 51.7 Å². The SMILES string of the molecule is COc1cc2c(Oc3ccc(NC(=O)C4(C(=O)Nc5cccc(Cl)c5)CC4)cc3F)ccnc2cc1OC(CCC(N)C(=O)O)C(O)C(CO)CO. The number of aromatic nitrogens is 1. The first-order valence-electron chi connectivity index (χ1n) is 16.3. The van der Waals surface area contributed by atoms with Crippen LogP contribution in [0.25, 0.3) is 10.9 Å². The van der Waals surface area contributed by atoms with Crippen LogP contribution >= 0.6 is 11.6 Å². The fourth-order valence-corrected chi connectivity index (χ4v) is 5.70. The standard InChI is InChI=1S/C36H38ClFN4O10/c1-50-30-15-23-26(16-31(30)52-29(8-6-25(39)33(46)47)32(45)19(17-43)18-44)40-12-9-27(23)51-28-7-5-22(14-24(28)38)42-35(49)36(10-11-36)34(48)41-21-4-2-3-20(37)13-21/h2-5,7,9,12-16,19,25,29,32,43-45H,6,8,10-11,17-18,39H2,1H3,(H,41,48)(H,42,49)(H,46,47). The number of anilines is 2. The number of aliphatic hydroxyl groups excluding tert-OH is 3. The van der Waals surface area contributed by atoms with Gasteiger partial charge in [0.25, 0.3) is 0 Å². The van der Waals surface area contributed by atoms with Gasteiger partial charge in [-0.1, -0.05) is 17.7 Å². The number of ether oxygens (including phenoxy) is 3. The number of carbonyl (C=O) groups is 3. The van der Waals surface area contributed by atoms with Gasteiger partial charge in [-0.15, -0.1) is 0 Å². The highest BCUT2D eigenvalue weighted by molar-refractivity contribution is 6.31. The van der Waals surface area contributed by atoms with Crippen LogP contribution in [-0.4, -0.2) is 81.8 Å². The molecular weight excluding hydrogens is 703 g/mol. The van der Waals surface area contributed by atoms with Gasteiger partial charge in [-0.05, 0) is 68.1 Å². The highest BCUT2D eigenvalue weighted by Crippen LogP contribution is 2.48. The van der Waals surface area contributed by atoms with E-state index in [9.17, 15) is 34.8 Å². The molecule has 0 saturated heterocycles. The van der Waals surface area contributed by atoms with E-state index >= 15 is 4.39 Å². The van der Waals surface area contributed by atoms with E-state index in [1.165, 1.54) is 43.6 Å². The first kappa shape index (κ1) is 38.2. The number of rotatable bonds is 17. The second kappa shape index (κ2) is 16.5. The summed E-state index contributed by atoms with van der Waals surface area (Å²) in [6, 6.07) is 13.6. The Labute approximate surface area is 302 Å². The van der Waals surface area contributed by atoms with Crippen LogP contribution in [0, 0.1) is 17.2 Å². The van der Waals surface area contributed by atoms with Crippen LogP contribution in [0.4, 0.5) is 15.8 Å². The van der Waals surface area contributed by atoms with Gasteiger partial charge in [0, 0.05) is 46.0 Å². The van der Waals surface area contributed by atoms with Gasteiger partial charge < -0.3 is 51.0 Å². The Morgan fingerprint density at radius 3 is 2.23 bits per heavy atom. The smallest absolute Gasteiger partial charge is 0.320 e. The Kier molecular flexibility index (Phi) is 12.1. The molecule has 5 rings (SSSR count). The summed E-state index contributed by atoms with van der Waals surface area (Å²) in [5, 5.41) is 45.5. The Bertz CT molecular complexity index is 1940. The van der Waals surface area contributed by atoms with E-state index in [1.807, 2.05) is 0 Å². The molecule has 1 aromatic heterocycles. The molecule has 3 unspecified atom stereocenters. The molecule has 16 heteroatoms. The van der Waals surface area contributed by atoms with Gasteiger partial charge in [-0.25, -0.2) is 4.39 Å². The van der Waals surface area contributed by atoms with E-state index in [0.717, 1.165) is 6.07 Å². The molecule has 1 aliphatic rings. The number of carboxylic acids is 1. The van der Waals surface area contributed by atoms with Crippen molar-refractivity contribution in [1.29, 1.82) is 0 Å². The van der Waals surface area contributed by atoms with Crippen LogP contribution < -0.4 is 30.6 Å². The maximum absolute atomic E-state index is 15.4. The molecule has 2 amide bonds. The Hall–Kier alpha value is -5.06. The number of aliphatic carboxylic acids is 1. The number of aliphatic hydroxyl groups is 3. The molecule has 8 N–H and O–H groups in total. The number of carboxylic acid groups (broad SMARTS) is 1. The van der Waals surface area contributed by atoms with Crippen molar-refractivity contribution in [2.75, 3.05) is 31.0 Å². The zero-order chi connectivity index (χ0) is 37.6. The van der Waals surface area contributed by atoms with Crippen LogP contribution in [0.3, 0.4) is 0 Å². The molecule has 4 aromatic rings. The topological polar surface area (TPSA) is 223 Å². The Morgan fingerprint density at radius 2 is 1.63 bits per heavy atom. The van der Waals surface area contributed by atoms with Crippen LogP contribution in [0.1, 0.15) is 25.7 Å². The minimum Gasteiger partial charge on any atom is -0.493 e. The summed E-state index contributed by atoms with van der Waals surface area (Å²) >= 11 is 6.00. The van der Waals surface area contributed by atoms with Crippen LogP contribution in [0.2, 0.25) is 5.02 Å². The van der Waals surface area contributed by atoms with Gasteiger partial charge in [0.15, 0.2) is 23.1 Å². The number of hydrogen-bond acceptors (Lipinski definition) is 11. The van der Waals surface area contributed by atoms with E-state index in [4.69, 9.17) is 31.5 Å². The number of hydrogen-bond donors (Lipinski definition) is 7. The van der Waals surface area contributed by atoms with Crippen molar-refractivity contribution in [3.8, 4) is 23.0 Å². The molecule has 3 atom stereocenters. The molecule has 1 fully saturated rings. The summed E-state index contributed by atoms with van der Waals surface area (Å²) in [4.78, 5) is 41.7. The van der Waals surface area contributed by atoms with E-state index < -0.39 is 66.4 Å². The molecule has 3 aromatic carbocycles. The van der Waals surface area contributed by atoms with E-state index in [0.29, 0.717) is 34.5 Å². The second-order valence-electron chi connectivity index (χ2n) is 12.4. The quantitative estimate of drug-likeness (QED) is 0.0761. The number of halogens is 2. The maximum Gasteiger partial charge on any atom is 0.320 e. The second-order valence-corrected chi connectivity index (χ2v) is 12.8. The minimum absolute atomic E-state index is 0.0458. The Balaban J connectivity index is 1.32. The zero-order valence-corrected chi connectivity index (χ0v) is 28.7. The van der Waals surface area contributed by atoms with Crippen LogP contribution in [0.15, 0.2) is 66.9 Å². The molecule has 0 radical (unpaired) electrons. The van der Waals surface area contributed by atoms with Crippen molar-refractivity contribution < 1.29 is 53.4 Å². The molecule has 1 aliphatic carbocycles. The number of carbonyl (C=O) groups excluding carboxylic acids is 2. The van der Waals surface area contributed by atoms with E-state index in [1.54, 1.807) is 24.3 Å². The Morgan fingerprint density at radius 1 is 0.942 bits per heavy atom. The molecular formula is C36H38ClFN4O10. The van der Waals surface area contributed by atoms with E-state index in [-0.39, 0.29) is 41.5 Å².